The topological polar surface area (TPSA) is 50.3 Å². The monoisotopic (exact) mass is 228 g/mol. The third-order valence-corrected chi connectivity index (χ3v) is 2.50. The molecule has 1 heterocycles. The van der Waals surface area contributed by atoms with Gasteiger partial charge in [-0.15, -0.1) is 0 Å². The molecule has 1 aromatic heterocycles. The Morgan fingerprint density at radius 1 is 1.18 bits per heavy atom. The highest BCUT2D eigenvalue weighted by atomic mass is 16.2. The highest BCUT2D eigenvalue weighted by Gasteiger charge is 2.19. The van der Waals surface area contributed by atoms with E-state index in [0.717, 1.165) is 5.56 Å². The van der Waals surface area contributed by atoms with E-state index in [-0.39, 0.29) is 0 Å². The minimum atomic E-state index is -0.422. The number of hydrogen-bond acceptors (Lipinski definition) is 4. The van der Waals surface area contributed by atoms with E-state index in [0.29, 0.717) is 11.3 Å². The standard InChI is InChI=1S/C13H12N2O2/c1-15(2)11-10(12(16)13(11)17)6-5-9-4-3-7-14-8-9/h3-8H,1-2H3/b6-5+. The zero-order chi connectivity index (χ0) is 12.4. The van der Waals surface area contributed by atoms with Crippen LogP contribution < -0.4 is 15.8 Å². The van der Waals surface area contributed by atoms with Gasteiger partial charge in [-0.2, -0.15) is 0 Å². The van der Waals surface area contributed by atoms with Crippen molar-refractivity contribution in [3.8, 4) is 0 Å². The molecular weight excluding hydrogens is 216 g/mol. The molecule has 0 fully saturated rings. The largest absolute Gasteiger partial charge is 0.374 e. The molecule has 0 atom stereocenters. The number of nitrogens with zero attached hydrogens (tertiary/aromatic N) is 2. The highest BCUT2D eigenvalue weighted by molar-refractivity contribution is 5.79. The molecule has 0 aliphatic rings. The molecule has 17 heavy (non-hydrogen) atoms. The quantitative estimate of drug-likeness (QED) is 0.733. The van der Waals surface area contributed by atoms with Crippen LogP contribution in [-0.2, 0) is 0 Å². The van der Waals surface area contributed by atoms with Crippen molar-refractivity contribution in [2.75, 3.05) is 19.0 Å². The molecule has 0 aliphatic carbocycles. The van der Waals surface area contributed by atoms with E-state index < -0.39 is 10.9 Å². The van der Waals surface area contributed by atoms with Crippen molar-refractivity contribution < 1.29 is 0 Å². The summed E-state index contributed by atoms with van der Waals surface area (Å²) in [5.41, 5.74) is 0.985. The molecular formula is C13H12N2O2. The first-order chi connectivity index (χ1) is 8.11. The van der Waals surface area contributed by atoms with Crippen molar-refractivity contribution in [2.45, 2.75) is 0 Å². The summed E-state index contributed by atoms with van der Waals surface area (Å²) < 4.78 is 0. The van der Waals surface area contributed by atoms with Gasteiger partial charge in [-0.25, -0.2) is 0 Å². The third-order valence-electron chi connectivity index (χ3n) is 2.50. The number of rotatable bonds is 3. The Kier molecular flexibility index (Phi) is 2.87. The second-order valence-electron chi connectivity index (χ2n) is 3.93. The van der Waals surface area contributed by atoms with Crippen molar-refractivity contribution in [1.82, 2.24) is 4.98 Å². The van der Waals surface area contributed by atoms with Gasteiger partial charge in [-0.05, 0) is 17.7 Å². The average Bonchev–Trinajstić information content (AvgIpc) is 2.33. The summed E-state index contributed by atoms with van der Waals surface area (Å²) in [5, 5.41) is 0. The van der Waals surface area contributed by atoms with Gasteiger partial charge < -0.3 is 4.90 Å². The Labute approximate surface area is 98.5 Å². The van der Waals surface area contributed by atoms with Crippen LogP contribution in [0.1, 0.15) is 11.1 Å². The number of aromatic nitrogens is 1. The molecule has 0 N–H and O–H groups in total. The molecule has 86 valence electrons. The molecule has 4 heteroatoms. The summed E-state index contributed by atoms with van der Waals surface area (Å²) in [6, 6.07) is 3.69. The van der Waals surface area contributed by atoms with Crippen LogP contribution in [0, 0.1) is 0 Å². The van der Waals surface area contributed by atoms with Crippen LogP contribution in [0.5, 0.6) is 0 Å². The SMILES string of the molecule is CN(C)c1c(/C=C/c2cccnc2)c(=O)c1=O. The van der Waals surface area contributed by atoms with Crippen LogP contribution in [0.15, 0.2) is 34.1 Å². The molecule has 0 saturated heterocycles. The van der Waals surface area contributed by atoms with Gasteiger partial charge >= 0.3 is 0 Å². The number of hydrogen-bond donors (Lipinski definition) is 0. The van der Waals surface area contributed by atoms with Crippen molar-refractivity contribution in [3.63, 3.8) is 0 Å². The maximum atomic E-state index is 11.4. The lowest BCUT2D eigenvalue weighted by atomic mass is 10.1. The third kappa shape index (κ3) is 2.01. The predicted molar refractivity (Wildman–Crippen MR) is 68.8 cm³/mol. The smallest absolute Gasteiger partial charge is 0.250 e. The van der Waals surface area contributed by atoms with Crippen LogP contribution in [0.25, 0.3) is 12.2 Å². The molecule has 0 bridgehead atoms. The molecule has 0 aliphatic heterocycles. The molecule has 2 rings (SSSR count). The Hall–Kier alpha value is -2.23. The van der Waals surface area contributed by atoms with E-state index in [1.54, 1.807) is 43.5 Å². The van der Waals surface area contributed by atoms with Crippen molar-refractivity contribution in [3.05, 3.63) is 56.1 Å². The molecule has 0 saturated carbocycles. The summed E-state index contributed by atoms with van der Waals surface area (Å²) in [6.07, 6.45) is 6.81. The zero-order valence-electron chi connectivity index (χ0n) is 9.68. The fourth-order valence-corrected chi connectivity index (χ4v) is 1.65. The summed E-state index contributed by atoms with van der Waals surface area (Å²) in [5.74, 6) is 0. The van der Waals surface area contributed by atoms with Crippen LogP contribution in [0.3, 0.4) is 0 Å². The van der Waals surface area contributed by atoms with Gasteiger partial charge in [0, 0.05) is 26.5 Å². The molecule has 0 unspecified atom stereocenters. The van der Waals surface area contributed by atoms with Gasteiger partial charge in [0.15, 0.2) is 0 Å². The molecule has 0 spiro atoms. The second-order valence-corrected chi connectivity index (χ2v) is 3.93. The van der Waals surface area contributed by atoms with E-state index in [1.165, 1.54) is 0 Å². The first-order valence-electron chi connectivity index (χ1n) is 5.20. The van der Waals surface area contributed by atoms with Gasteiger partial charge in [-0.1, -0.05) is 12.1 Å². The summed E-state index contributed by atoms with van der Waals surface area (Å²) in [7, 11) is 3.50. The van der Waals surface area contributed by atoms with Crippen LogP contribution in [-0.4, -0.2) is 19.1 Å². The average molecular weight is 228 g/mol. The fraction of sp³-hybridized carbons (Fsp3) is 0.154. The van der Waals surface area contributed by atoms with Crippen molar-refractivity contribution >= 4 is 17.8 Å². The Bertz CT molecular complexity index is 620. The Morgan fingerprint density at radius 2 is 1.94 bits per heavy atom. The summed E-state index contributed by atoms with van der Waals surface area (Å²) in [4.78, 5) is 28.4. The van der Waals surface area contributed by atoms with Gasteiger partial charge in [0.2, 0.25) is 10.9 Å². The molecule has 2 aromatic rings. The lowest BCUT2D eigenvalue weighted by molar-refractivity contribution is 1.09. The Balaban J connectivity index is 2.32. The number of anilines is 1. The molecule has 0 radical (unpaired) electrons. The van der Waals surface area contributed by atoms with Gasteiger partial charge in [0.25, 0.3) is 0 Å². The van der Waals surface area contributed by atoms with Crippen molar-refractivity contribution in [2.24, 2.45) is 0 Å². The first kappa shape index (κ1) is 11.3. The lowest BCUT2D eigenvalue weighted by Gasteiger charge is -2.15. The normalized spacial score (nSPS) is 11.2. The minimum Gasteiger partial charge on any atom is -0.374 e. The van der Waals surface area contributed by atoms with E-state index in [1.807, 2.05) is 12.1 Å². The first-order valence-corrected chi connectivity index (χ1v) is 5.20. The van der Waals surface area contributed by atoms with Crippen LogP contribution >= 0.6 is 0 Å². The second kappa shape index (κ2) is 4.33. The summed E-state index contributed by atoms with van der Waals surface area (Å²) >= 11 is 0. The van der Waals surface area contributed by atoms with Crippen molar-refractivity contribution in [1.29, 1.82) is 0 Å². The van der Waals surface area contributed by atoms with Gasteiger partial charge in [0.05, 0.1) is 11.3 Å². The van der Waals surface area contributed by atoms with Gasteiger partial charge in [-0.3, -0.25) is 14.6 Å². The molecule has 0 amide bonds. The maximum absolute atomic E-state index is 11.4. The highest BCUT2D eigenvalue weighted by Crippen LogP contribution is 2.14. The molecule has 4 nitrogen and oxygen atoms in total. The number of pyridine rings is 1. The fourth-order valence-electron chi connectivity index (χ4n) is 1.65. The molecule has 1 aromatic carbocycles. The van der Waals surface area contributed by atoms with Gasteiger partial charge in [0.1, 0.15) is 0 Å². The van der Waals surface area contributed by atoms with E-state index >= 15 is 0 Å². The summed E-state index contributed by atoms with van der Waals surface area (Å²) in [6.45, 7) is 0. The predicted octanol–water partition coefficient (Wildman–Crippen LogP) is 0.914. The zero-order valence-corrected chi connectivity index (χ0v) is 9.68. The van der Waals surface area contributed by atoms with E-state index in [2.05, 4.69) is 4.98 Å². The Morgan fingerprint density at radius 3 is 2.53 bits per heavy atom. The van der Waals surface area contributed by atoms with Crippen LogP contribution in [0.2, 0.25) is 0 Å². The van der Waals surface area contributed by atoms with E-state index in [9.17, 15) is 9.59 Å². The minimum absolute atomic E-state index is 0.416. The maximum Gasteiger partial charge on any atom is 0.250 e. The lowest BCUT2D eigenvalue weighted by Crippen LogP contribution is -2.39. The van der Waals surface area contributed by atoms with E-state index in [4.69, 9.17) is 0 Å². The van der Waals surface area contributed by atoms with Crippen LogP contribution in [0.4, 0.5) is 5.69 Å².